The van der Waals surface area contributed by atoms with E-state index in [-0.39, 0.29) is 5.56 Å². The van der Waals surface area contributed by atoms with Gasteiger partial charge in [0.2, 0.25) is 0 Å². The number of hydrogen-bond acceptors (Lipinski definition) is 2. The van der Waals surface area contributed by atoms with Gasteiger partial charge in [0.1, 0.15) is 0 Å². The third-order valence-electron chi connectivity index (χ3n) is 1.40. The standard InChI is InChI=1S/C8H7ClO2S/c1-12-7-4-5(8(10)11)2-3-6(7)9/h2-4H,1H3,(H,10,11). The molecule has 64 valence electrons. The average Bonchev–Trinajstić information content (AvgIpc) is 2.05. The molecule has 0 aromatic heterocycles. The Balaban J connectivity index is 3.13. The molecule has 0 aliphatic heterocycles. The first-order valence-corrected chi connectivity index (χ1v) is 4.82. The van der Waals surface area contributed by atoms with Crippen LogP contribution in [0.1, 0.15) is 10.4 Å². The Bertz CT molecular complexity index is 312. The van der Waals surface area contributed by atoms with Crippen LogP contribution in [-0.2, 0) is 0 Å². The van der Waals surface area contributed by atoms with Crippen LogP contribution in [0.25, 0.3) is 0 Å². The zero-order chi connectivity index (χ0) is 9.14. The van der Waals surface area contributed by atoms with Crippen LogP contribution in [0.15, 0.2) is 23.1 Å². The summed E-state index contributed by atoms with van der Waals surface area (Å²) in [6, 6.07) is 4.65. The normalized spacial score (nSPS) is 9.83. The first-order valence-electron chi connectivity index (χ1n) is 3.22. The molecule has 1 rings (SSSR count). The predicted molar refractivity (Wildman–Crippen MR) is 50.2 cm³/mol. The Morgan fingerprint density at radius 2 is 2.25 bits per heavy atom. The number of hydrogen-bond donors (Lipinski definition) is 1. The lowest BCUT2D eigenvalue weighted by molar-refractivity contribution is 0.0696. The first kappa shape index (κ1) is 9.42. The Morgan fingerprint density at radius 1 is 1.58 bits per heavy atom. The van der Waals surface area contributed by atoms with Crippen molar-refractivity contribution in [1.29, 1.82) is 0 Å². The maximum absolute atomic E-state index is 10.5. The highest BCUT2D eigenvalue weighted by Gasteiger charge is 2.05. The van der Waals surface area contributed by atoms with E-state index in [4.69, 9.17) is 16.7 Å². The number of thioether (sulfide) groups is 1. The van der Waals surface area contributed by atoms with Crippen molar-refractivity contribution < 1.29 is 9.90 Å². The molecule has 0 amide bonds. The van der Waals surface area contributed by atoms with Crippen LogP contribution in [-0.4, -0.2) is 17.3 Å². The molecule has 0 spiro atoms. The third kappa shape index (κ3) is 1.93. The van der Waals surface area contributed by atoms with Crippen LogP contribution in [0, 0.1) is 0 Å². The molecule has 1 aromatic rings. The van der Waals surface area contributed by atoms with Gasteiger partial charge >= 0.3 is 5.97 Å². The van der Waals surface area contributed by atoms with Gasteiger partial charge in [0.15, 0.2) is 0 Å². The summed E-state index contributed by atoms with van der Waals surface area (Å²) < 4.78 is 0. The number of rotatable bonds is 2. The van der Waals surface area contributed by atoms with Gasteiger partial charge in [0, 0.05) is 4.90 Å². The molecule has 4 heteroatoms. The van der Waals surface area contributed by atoms with Gasteiger partial charge in [-0.25, -0.2) is 4.79 Å². The van der Waals surface area contributed by atoms with Gasteiger partial charge in [-0.1, -0.05) is 11.6 Å². The Morgan fingerprint density at radius 3 is 2.75 bits per heavy atom. The van der Waals surface area contributed by atoms with Crippen LogP contribution in [0.5, 0.6) is 0 Å². The lowest BCUT2D eigenvalue weighted by Crippen LogP contribution is -1.95. The van der Waals surface area contributed by atoms with Crippen molar-refractivity contribution in [2.75, 3.05) is 6.26 Å². The van der Waals surface area contributed by atoms with E-state index in [1.54, 1.807) is 12.1 Å². The summed E-state index contributed by atoms with van der Waals surface area (Å²) >= 11 is 7.22. The fraction of sp³-hybridized carbons (Fsp3) is 0.125. The van der Waals surface area contributed by atoms with Gasteiger partial charge in [0.25, 0.3) is 0 Å². The van der Waals surface area contributed by atoms with E-state index in [0.29, 0.717) is 5.02 Å². The van der Waals surface area contributed by atoms with E-state index in [2.05, 4.69) is 0 Å². The minimum Gasteiger partial charge on any atom is -0.478 e. The molecule has 0 aliphatic carbocycles. The molecule has 12 heavy (non-hydrogen) atoms. The van der Waals surface area contributed by atoms with E-state index in [9.17, 15) is 4.79 Å². The molecule has 0 fully saturated rings. The summed E-state index contributed by atoms with van der Waals surface area (Å²) in [5.41, 5.74) is 0.267. The fourth-order valence-electron chi connectivity index (χ4n) is 0.793. The monoisotopic (exact) mass is 202 g/mol. The van der Waals surface area contributed by atoms with Gasteiger partial charge in [-0.05, 0) is 24.5 Å². The molecule has 1 aromatic carbocycles. The van der Waals surface area contributed by atoms with Crippen molar-refractivity contribution in [2.45, 2.75) is 4.90 Å². The van der Waals surface area contributed by atoms with E-state index < -0.39 is 5.97 Å². The van der Waals surface area contributed by atoms with Crippen LogP contribution in [0.3, 0.4) is 0 Å². The summed E-state index contributed by atoms with van der Waals surface area (Å²) in [6.45, 7) is 0. The minimum atomic E-state index is -0.929. The molecule has 0 unspecified atom stereocenters. The summed E-state index contributed by atoms with van der Waals surface area (Å²) in [5.74, 6) is -0.929. The van der Waals surface area contributed by atoms with Gasteiger partial charge in [-0.2, -0.15) is 0 Å². The number of benzene rings is 1. The Labute approximate surface area is 79.5 Å². The molecule has 0 radical (unpaired) electrons. The highest BCUT2D eigenvalue weighted by Crippen LogP contribution is 2.25. The molecule has 0 bridgehead atoms. The SMILES string of the molecule is CSc1cc(C(=O)O)ccc1Cl. The van der Waals surface area contributed by atoms with Gasteiger partial charge in [-0.3, -0.25) is 0 Å². The van der Waals surface area contributed by atoms with Crippen LogP contribution < -0.4 is 0 Å². The van der Waals surface area contributed by atoms with Crippen LogP contribution >= 0.6 is 23.4 Å². The molecule has 0 aliphatic rings. The first-order chi connectivity index (χ1) is 5.65. The van der Waals surface area contributed by atoms with Crippen molar-refractivity contribution in [3.63, 3.8) is 0 Å². The van der Waals surface area contributed by atoms with Crippen LogP contribution in [0.2, 0.25) is 5.02 Å². The molecule has 0 heterocycles. The number of aromatic carboxylic acids is 1. The summed E-state index contributed by atoms with van der Waals surface area (Å²) in [5, 5.41) is 9.23. The van der Waals surface area contributed by atoms with Crippen molar-refractivity contribution in [1.82, 2.24) is 0 Å². The Kier molecular flexibility index (Phi) is 3.00. The second kappa shape index (κ2) is 3.83. The maximum Gasteiger partial charge on any atom is 0.335 e. The van der Waals surface area contributed by atoms with Gasteiger partial charge in [-0.15, -0.1) is 11.8 Å². The Hall–Kier alpha value is -0.670. The zero-order valence-corrected chi connectivity index (χ0v) is 7.95. The maximum atomic E-state index is 10.5. The van der Waals surface area contributed by atoms with Gasteiger partial charge in [0.05, 0.1) is 10.6 Å². The summed E-state index contributed by atoms with van der Waals surface area (Å²) in [7, 11) is 0. The van der Waals surface area contributed by atoms with Gasteiger partial charge < -0.3 is 5.11 Å². The van der Waals surface area contributed by atoms with Crippen LogP contribution in [0.4, 0.5) is 0 Å². The van der Waals surface area contributed by atoms with E-state index in [1.165, 1.54) is 17.8 Å². The molecular formula is C8H7ClO2S. The van der Waals surface area contributed by atoms with Crippen molar-refractivity contribution >= 4 is 29.3 Å². The van der Waals surface area contributed by atoms with Crippen molar-refractivity contribution in [2.24, 2.45) is 0 Å². The second-order valence-corrected chi connectivity index (χ2v) is 3.41. The molecule has 1 N–H and O–H groups in total. The van der Waals surface area contributed by atoms with Crippen molar-refractivity contribution in [3.05, 3.63) is 28.8 Å². The molecule has 0 saturated carbocycles. The van der Waals surface area contributed by atoms with Crippen molar-refractivity contribution in [3.8, 4) is 0 Å². The van der Waals surface area contributed by atoms with E-state index >= 15 is 0 Å². The number of carboxylic acids is 1. The quantitative estimate of drug-likeness (QED) is 0.750. The highest BCUT2D eigenvalue weighted by molar-refractivity contribution is 7.98. The average molecular weight is 203 g/mol. The number of carbonyl (C=O) groups is 1. The lowest BCUT2D eigenvalue weighted by atomic mass is 10.2. The lowest BCUT2D eigenvalue weighted by Gasteiger charge is -2.00. The minimum absolute atomic E-state index is 0.267. The molecule has 0 saturated heterocycles. The summed E-state index contributed by atoms with van der Waals surface area (Å²) in [6.07, 6.45) is 1.85. The largest absolute Gasteiger partial charge is 0.478 e. The molecular weight excluding hydrogens is 196 g/mol. The fourth-order valence-corrected chi connectivity index (χ4v) is 1.65. The smallest absolute Gasteiger partial charge is 0.335 e. The predicted octanol–water partition coefficient (Wildman–Crippen LogP) is 2.76. The number of halogens is 1. The molecule has 2 nitrogen and oxygen atoms in total. The molecule has 0 atom stereocenters. The zero-order valence-electron chi connectivity index (χ0n) is 6.37. The van der Waals surface area contributed by atoms with E-state index in [1.807, 2.05) is 6.26 Å². The topological polar surface area (TPSA) is 37.3 Å². The van der Waals surface area contributed by atoms with E-state index in [0.717, 1.165) is 4.90 Å². The highest BCUT2D eigenvalue weighted by atomic mass is 35.5. The summed E-state index contributed by atoms with van der Waals surface area (Å²) in [4.78, 5) is 11.3. The second-order valence-electron chi connectivity index (χ2n) is 2.15. The number of carboxylic acid groups (broad SMARTS) is 1. The third-order valence-corrected chi connectivity index (χ3v) is 2.62.